The quantitative estimate of drug-likeness (QED) is 0.463. The Kier molecular flexibility index (Phi) is 7.99. The van der Waals surface area contributed by atoms with E-state index in [9.17, 15) is 13.2 Å². The maximum atomic E-state index is 13.5. The lowest BCUT2D eigenvalue weighted by Crippen LogP contribution is -2.41. The van der Waals surface area contributed by atoms with Crippen molar-refractivity contribution in [2.45, 2.75) is 45.6 Å². The van der Waals surface area contributed by atoms with Crippen LogP contribution >= 0.6 is 0 Å². The van der Waals surface area contributed by atoms with Gasteiger partial charge in [0.15, 0.2) is 0 Å². The number of nitrogens with one attached hydrogen (secondary N) is 1. The van der Waals surface area contributed by atoms with E-state index in [1.54, 1.807) is 42.5 Å². The van der Waals surface area contributed by atoms with Gasteiger partial charge in [-0.2, -0.15) is 0 Å². The van der Waals surface area contributed by atoms with Gasteiger partial charge >= 0.3 is 0 Å². The molecule has 0 aromatic heterocycles. The van der Waals surface area contributed by atoms with Gasteiger partial charge in [0.25, 0.3) is 10.0 Å². The topological polar surface area (TPSA) is 75.7 Å². The third kappa shape index (κ3) is 5.78. The van der Waals surface area contributed by atoms with E-state index in [0.717, 1.165) is 21.0 Å². The van der Waals surface area contributed by atoms with Crippen LogP contribution < -0.4 is 14.4 Å². The van der Waals surface area contributed by atoms with Gasteiger partial charge in [0, 0.05) is 0 Å². The van der Waals surface area contributed by atoms with Crippen molar-refractivity contribution in [1.29, 1.82) is 0 Å². The first kappa shape index (κ1) is 25.3. The molecular weight excluding hydrogens is 448 g/mol. The minimum atomic E-state index is -3.96. The second-order valence-electron chi connectivity index (χ2n) is 8.33. The fraction of sp³-hybridized carbons (Fsp3) is 0.296. The molecule has 0 radical (unpaired) electrons. The van der Waals surface area contributed by atoms with Crippen LogP contribution in [0, 0.1) is 20.8 Å². The molecule has 0 spiro atoms. The first-order valence-corrected chi connectivity index (χ1v) is 12.7. The van der Waals surface area contributed by atoms with Crippen LogP contribution in [0.25, 0.3) is 0 Å². The summed E-state index contributed by atoms with van der Waals surface area (Å²) in [5.41, 5.74) is 4.81. The second-order valence-corrected chi connectivity index (χ2v) is 10.2. The van der Waals surface area contributed by atoms with Crippen molar-refractivity contribution in [1.82, 2.24) is 5.32 Å². The Morgan fingerprint density at radius 3 is 2.18 bits per heavy atom. The van der Waals surface area contributed by atoms with Crippen LogP contribution in [-0.2, 0) is 14.8 Å². The average molecular weight is 481 g/mol. The molecule has 180 valence electrons. The SMILES string of the molecule is CCOc1ccc(N(CC(=O)N[C@H](C)c2cc(C)c(C)cc2C)S(=O)(=O)c2ccccc2)cc1. The van der Waals surface area contributed by atoms with Crippen LogP contribution in [0.3, 0.4) is 0 Å². The molecule has 3 aromatic rings. The molecule has 0 unspecified atom stereocenters. The molecule has 0 aliphatic carbocycles. The maximum absolute atomic E-state index is 13.5. The fourth-order valence-electron chi connectivity index (χ4n) is 3.85. The highest BCUT2D eigenvalue weighted by Gasteiger charge is 2.28. The largest absolute Gasteiger partial charge is 0.494 e. The van der Waals surface area contributed by atoms with Crippen LogP contribution in [0.2, 0.25) is 0 Å². The highest BCUT2D eigenvalue weighted by molar-refractivity contribution is 7.92. The van der Waals surface area contributed by atoms with Gasteiger partial charge in [-0.15, -0.1) is 0 Å². The molecule has 7 heteroatoms. The molecule has 34 heavy (non-hydrogen) atoms. The van der Waals surface area contributed by atoms with E-state index in [1.165, 1.54) is 17.7 Å². The molecule has 0 aliphatic heterocycles. The Labute approximate surface area is 202 Å². The molecule has 3 aromatic carbocycles. The molecule has 0 bridgehead atoms. The lowest BCUT2D eigenvalue weighted by Gasteiger charge is -2.26. The predicted octanol–water partition coefficient (Wildman–Crippen LogP) is 5.08. The highest BCUT2D eigenvalue weighted by atomic mass is 32.2. The third-order valence-corrected chi connectivity index (χ3v) is 7.57. The number of hydrogen-bond donors (Lipinski definition) is 1. The van der Waals surface area contributed by atoms with Crippen LogP contribution in [-0.4, -0.2) is 27.5 Å². The molecular formula is C27H32N2O4S. The van der Waals surface area contributed by atoms with E-state index in [2.05, 4.69) is 24.4 Å². The Morgan fingerprint density at radius 2 is 1.56 bits per heavy atom. The minimum Gasteiger partial charge on any atom is -0.494 e. The zero-order valence-corrected chi connectivity index (χ0v) is 21.1. The molecule has 0 fully saturated rings. The van der Waals surface area contributed by atoms with Crippen molar-refractivity contribution >= 4 is 21.6 Å². The number of sulfonamides is 1. The molecule has 6 nitrogen and oxygen atoms in total. The molecule has 3 rings (SSSR count). The van der Waals surface area contributed by atoms with E-state index >= 15 is 0 Å². The summed E-state index contributed by atoms with van der Waals surface area (Å²) in [7, 11) is -3.96. The van der Waals surface area contributed by atoms with E-state index in [-0.39, 0.29) is 17.5 Å². The highest BCUT2D eigenvalue weighted by Crippen LogP contribution is 2.26. The molecule has 1 N–H and O–H groups in total. The predicted molar refractivity (Wildman–Crippen MR) is 136 cm³/mol. The summed E-state index contributed by atoms with van der Waals surface area (Å²) in [6.45, 7) is 10.0. The number of aryl methyl sites for hydroxylation is 3. The van der Waals surface area contributed by atoms with E-state index < -0.39 is 15.9 Å². The van der Waals surface area contributed by atoms with Gasteiger partial charge in [-0.1, -0.05) is 30.3 Å². The second kappa shape index (κ2) is 10.7. The molecule has 0 heterocycles. The normalized spacial score (nSPS) is 12.1. The van der Waals surface area contributed by atoms with E-state index in [4.69, 9.17) is 4.74 Å². The number of carbonyl (C=O) groups excluding carboxylic acids is 1. The first-order valence-electron chi connectivity index (χ1n) is 11.3. The van der Waals surface area contributed by atoms with E-state index in [0.29, 0.717) is 18.0 Å². The fourth-order valence-corrected chi connectivity index (χ4v) is 5.30. The summed E-state index contributed by atoms with van der Waals surface area (Å²) in [6.07, 6.45) is 0. The van der Waals surface area contributed by atoms with Gasteiger partial charge in [0.2, 0.25) is 5.91 Å². The number of nitrogens with zero attached hydrogens (tertiary/aromatic N) is 1. The van der Waals surface area contributed by atoms with Crippen LogP contribution in [0.15, 0.2) is 71.6 Å². The van der Waals surface area contributed by atoms with Crippen LogP contribution in [0.4, 0.5) is 5.69 Å². The Hall–Kier alpha value is -3.32. The van der Waals surface area contributed by atoms with Crippen molar-refractivity contribution in [2.75, 3.05) is 17.5 Å². The van der Waals surface area contributed by atoms with Crippen LogP contribution in [0.5, 0.6) is 5.75 Å². The number of ether oxygens (including phenoxy) is 1. The van der Waals surface area contributed by atoms with Crippen molar-refractivity contribution in [3.63, 3.8) is 0 Å². The molecule has 1 amide bonds. The van der Waals surface area contributed by atoms with Crippen molar-refractivity contribution in [3.05, 3.63) is 89.0 Å². The summed E-state index contributed by atoms with van der Waals surface area (Å²) < 4.78 is 33.6. The smallest absolute Gasteiger partial charge is 0.264 e. The average Bonchev–Trinajstić information content (AvgIpc) is 2.81. The number of rotatable bonds is 9. The Morgan fingerprint density at radius 1 is 0.941 bits per heavy atom. The first-order chi connectivity index (χ1) is 16.1. The van der Waals surface area contributed by atoms with Gasteiger partial charge < -0.3 is 10.1 Å². The monoisotopic (exact) mass is 480 g/mol. The van der Waals surface area contributed by atoms with E-state index in [1.807, 2.05) is 27.7 Å². The zero-order valence-electron chi connectivity index (χ0n) is 20.3. The summed E-state index contributed by atoms with van der Waals surface area (Å²) in [6, 6.07) is 18.7. The minimum absolute atomic E-state index is 0.120. The third-order valence-electron chi connectivity index (χ3n) is 5.78. The van der Waals surface area contributed by atoms with Crippen molar-refractivity contribution < 1.29 is 17.9 Å². The lowest BCUT2D eigenvalue weighted by molar-refractivity contribution is -0.120. The van der Waals surface area contributed by atoms with Gasteiger partial charge in [-0.3, -0.25) is 9.10 Å². The van der Waals surface area contributed by atoms with Gasteiger partial charge in [-0.25, -0.2) is 8.42 Å². The Bertz CT molecular complexity index is 1240. The number of carbonyl (C=O) groups is 1. The lowest BCUT2D eigenvalue weighted by atomic mass is 9.96. The number of anilines is 1. The molecule has 0 aliphatic rings. The summed E-state index contributed by atoms with van der Waals surface area (Å²) in [5, 5.41) is 2.97. The zero-order chi connectivity index (χ0) is 24.9. The van der Waals surface area contributed by atoms with Gasteiger partial charge in [0.1, 0.15) is 12.3 Å². The van der Waals surface area contributed by atoms with Crippen molar-refractivity contribution in [2.24, 2.45) is 0 Å². The molecule has 0 saturated heterocycles. The van der Waals surface area contributed by atoms with Gasteiger partial charge in [0.05, 0.1) is 23.2 Å². The summed E-state index contributed by atoms with van der Waals surface area (Å²) in [4.78, 5) is 13.2. The van der Waals surface area contributed by atoms with Crippen molar-refractivity contribution in [3.8, 4) is 5.75 Å². The van der Waals surface area contributed by atoms with Gasteiger partial charge in [-0.05, 0) is 93.3 Å². The maximum Gasteiger partial charge on any atom is 0.264 e. The number of hydrogen-bond acceptors (Lipinski definition) is 4. The number of amides is 1. The summed E-state index contributed by atoms with van der Waals surface area (Å²) >= 11 is 0. The number of benzene rings is 3. The summed E-state index contributed by atoms with van der Waals surface area (Å²) in [5.74, 6) is 0.241. The standard InChI is InChI=1S/C27H32N2O4S/c1-6-33-24-14-12-23(13-15-24)29(34(31,32)25-10-8-7-9-11-25)18-27(30)28-22(5)26-17-20(3)19(2)16-21(26)4/h7-17,22H,6,18H2,1-5H3,(H,28,30)/t22-/m1/s1. The van der Waals surface area contributed by atoms with Crippen LogP contribution in [0.1, 0.15) is 42.1 Å². The molecule has 1 atom stereocenters. The Balaban J connectivity index is 1.89. The molecule has 0 saturated carbocycles.